The van der Waals surface area contributed by atoms with Crippen LogP contribution in [0.3, 0.4) is 0 Å². The van der Waals surface area contributed by atoms with Crippen molar-refractivity contribution in [2.75, 3.05) is 24.9 Å². The van der Waals surface area contributed by atoms with Crippen LogP contribution in [0.1, 0.15) is 20.3 Å². The fourth-order valence-corrected chi connectivity index (χ4v) is 2.56. The largest absolute Gasteiger partial charge is 0.480 e. The molecule has 0 aliphatic rings. The smallest absolute Gasteiger partial charge is 0.321 e. The van der Waals surface area contributed by atoms with Crippen LogP contribution in [0.2, 0.25) is 0 Å². The number of hydrogen-bond acceptors (Lipinski definition) is 7. The van der Waals surface area contributed by atoms with E-state index in [4.69, 9.17) is 5.11 Å². The van der Waals surface area contributed by atoms with E-state index in [0.29, 0.717) is 0 Å². The molecule has 1 atom stereocenters. The maximum Gasteiger partial charge on any atom is 0.321 e. The summed E-state index contributed by atoms with van der Waals surface area (Å²) in [5, 5.41) is 7.09. The Morgan fingerprint density at radius 3 is 1.70 bits per heavy atom. The summed E-state index contributed by atoms with van der Waals surface area (Å²) in [6, 6.07) is 0. The van der Waals surface area contributed by atoms with Crippen LogP contribution < -0.4 is 0 Å². The molecule has 0 rings (SSSR count). The standard InChI is InChI=1S/2C5H10O4S/c1-3-9-5(6)4-10(2,7)8;1-3-4(5(6)7)10(2,8)9/h3-4H2,1-2H3;4H,3H2,1-2H3,(H,6,7). The summed E-state index contributed by atoms with van der Waals surface area (Å²) < 4.78 is 46.5. The number of carbonyl (C=O) groups is 2. The van der Waals surface area contributed by atoms with Crippen molar-refractivity contribution < 1.29 is 36.3 Å². The van der Waals surface area contributed by atoms with Gasteiger partial charge >= 0.3 is 11.9 Å². The summed E-state index contributed by atoms with van der Waals surface area (Å²) in [5.74, 6) is -2.49. The lowest BCUT2D eigenvalue weighted by atomic mass is 10.3. The molecule has 0 aromatic carbocycles. The molecular weight excluding hydrogens is 312 g/mol. The Morgan fingerprint density at radius 1 is 1.10 bits per heavy atom. The van der Waals surface area contributed by atoms with E-state index in [1.165, 1.54) is 6.92 Å². The fraction of sp³-hybridized carbons (Fsp3) is 0.800. The van der Waals surface area contributed by atoms with Gasteiger partial charge in [-0.3, -0.25) is 9.59 Å². The molecule has 0 aromatic rings. The molecule has 0 spiro atoms. The monoisotopic (exact) mass is 332 g/mol. The summed E-state index contributed by atoms with van der Waals surface area (Å²) in [7, 11) is -6.63. The van der Waals surface area contributed by atoms with Crippen molar-refractivity contribution >= 4 is 31.6 Å². The predicted octanol–water partition coefficient (Wildman–Crippen LogP) is -0.512. The Kier molecular flexibility index (Phi) is 9.41. The molecule has 0 saturated carbocycles. The van der Waals surface area contributed by atoms with Gasteiger partial charge in [0.2, 0.25) is 0 Å². The number of carboxylic acids is 1. The number of rotatable bonds is 6. The highest BCUT2D eigenvalue weighted by Gasteiger charge is 2.25. The Balaban J connectivity index is 0. The molecule has 0 aromatic heterocycles. The minimum Gasteiger partial charge on any atom is -0.480 e. The summed E-state index contributed by atoms with van der Waals surface area (Å²) in [6.07, 6.45) is 2.04. The molecule has 0 bridgehead atoms. The van der Waals surface area contributed by atoms with E-state index in [9.17, 15) is 26.4 Å². The van der Waals surface area contributed by atoms with Gasteiger partial charge in [0.05, 0.1) is 6.61 Å². The maximum atomic E-state index is 10.6. The second kappa shape index (κ2) is 8.90. The second-order valence-corrected chi connectivity index (χ2v) is 8.31. The normalized spacial score (nSPS) is 12.8. The molecule has 0 saturated heterocycles. The lowest BCUT2D eigenvalue weighted by Gasteiger charge is -2.04. The molecule has 0 amide bonds. The van der Waals surface area contributed by atoms with E-state index >= 15 is 0 Å². The summed E-state index contributed by atoms with van der Waals surface area (Å²) in [4.78, 5) is 20.7. The molecule has 0 radical (unpaired) electrons. The van der Waals surface area contributed by atoms with Crippen molar-refractivity contribution in [2.45, 2.75) is 25.5 Å². The minimum absolute atomic E-state index is 0.119. The number of aliphatic carboxylic acids is 1. The molecule has 0 heterocycles. The van der Waals surface area contributed by atoms with E-state index in [1.807, 2.05) is 0 Å². The maximum absolute atomic E-state index is 10.6. The van der Waals surface area contributed by atoms with Crippen LogP contribution in [-0.2, 0) is 34.0 Å². The van der Waals surface area contributed by atoms with Crippen molar-refractivity contribution in [3.63, 3.8) is 0 Å². The molecule has 120 valence electrons. The fourth-order valence-electron chi connectivity index (χ4n) is 1.08. The Labute approximate surface area is 119 Å². The molecule has 8 nitrogen and oxygen atoms in total. The molecule has 1 unspecified atom stereocenters. The number of ether oxygens (including phenoxy) is 1. The molecule has 0 fully saturated rings. The van der Waals surface area contributed by atoms with Gasteiger partial charge in [-0.2, -0.15) is 0 Å². The highest BCUT2D eigenvalue weighted by atomic mass is 32.2. The molecule has 1 N–H and O–H groups in total. The summed E-state index contributed by atoms with van der Waals surface area (Å²) >= 11 is 0. The van der Waals surface area contributed by atoms with Crippen LogP contribution in [0.15, 0.2) is 0 Å². The van der Waals surface area contributed by atoms with Gasteiger partial charge in [-0.15, -0.1) is 0 Å². The summed E-state index contributed by atoms with van der Waals surface area (Å²) in [6.45, 7) is 3.37. The number of carboxylic acid groups (broad SMARTS) is 1. The highest BCUT2D eigenvalue weighted by Crippen LogP contribution is 2.03. The van der Waals surface area contributed by atoms with Crippen molar-refractivity contribution in [2.24, 2.45) is 0 Å². The number of carbonyl (C=O) groups excluding carboxylic acids is 1. The van der Waals surface area contributed by atoms with Crippen molar-refractivity contribution in [3.05, 3.63) is 0 Å². The topological polar surface area (TPSA) is 132 Å². The number of sulfone groups is 2. The van der Waals surface area contributed by atoms with Gasteiger partial charge in [-0.25, -0.2) is 16.8 Å². The van der Waals surface area contributed by atoms with E-state index in [2.05, 4.69) is 4.74 Å². The van der Waals surface area contributed by atoms with Crippen molar-refractivity contribution in [1.82, 2.24) is 0 Å². The highest BCUT2D eigenvalue weighted by molar-refractivity contribution is 7.92. The van der Waals surface area contributed by atoms with Crippen LogP contribution in [0, 0.1) is 0 Å². The van der Waals surface area contributed by atoms with Gasteiger partial charge in [0.1, 0.15) is 5.75 Å². The van der Waals surface area contributed by atoms with Crippen LogP contribution in [0.5, 0.6) is 0 Å². The average Bonchev–Trinajstić information content (AvgIpc) is 2.13. The first kappa shape index (κ1) is 21.1. The van der Waals surface area contributed by atoms with Crippen LogP contribution in [-0.4, -0.2) is 64.0 Å². The molecule has 20 heavy (non-hydrogen) atoms. The first-order chi connectivity index (χ1) is 8.85. The Hall–Kier alpha value is -1.16. The van der Waals surface area contributed by atoms with Gasteiger partial charge < -0.3 is 9.84 Å². The van der Waals surface area contributed by atoms with Gasteiger partial charge in [0, 0.05) is 12.5 Å². The quantitative estimate of drug-likeness (QED) is 0.643. The van der Waals surface area contributed by atoms with Crippen molar-refractivity contribution in [3.8, 4) is 0 Å². The third-order valence-corrected chi connectivity index (χ3v) is 4.18. The third kappa shape index (κ3) is 11.9. The average molecular weight is 332 g/mol. The van der Waals surface area contributed by atoms with Crippen molar-refractivity contribution in [1.29, 1.82) is 0 Å². The Bertz CT molecular complexity index is 515. The minimum atomic E-state index is -3.41. The van der Waals surface area contributed by atoms with Gasteiger partial charge in [0.15, 0.2) is 24.9 Å². The van der Waals surface area contributed by atoms with E-state index in [0.717, 1.165) is 12.5 Å². The number of esters is 1. The van der Waals surface area contributed by atoms with E-state index < -0.39 is 42.6 Å². The summed E-state index contributed by atoms with van der Waals surface area (Å²) in [5.41, 5.74) is 0. The number of hydrogen-bond donors (Lipinski definition) is 1. The zero-order chi connectivity index (χ0) is 16.6. The first-order valence-electron chi connectivity index (χ1n) is 5.60. The van der Waals surface area contributed by atoms with E-state index in [-0.39, 0.29) is 13.0 Å². The van der Waals surface area contributed by atoms with Gasteiger partial charge in [-0.1, -0.05) is 6.92 Å². The molecular formula is C10H20O8S2. The SMILES string of the molecule is CCC(C(=O)O)S(C)(=O)=O.CCOC(=O)CS(C)(=O)=O. The zero-order valence-electron chi connectivity index (χ0n) is 11.8. The zero-order valence-corrected chi connectivity index (χ0v) is 13.5. The van der Waals surface area contributed by atoms with Crippen LogP contribution in [0.25, 0.3) is 0 Å². The first-order valence-corrected chi connectivity index (χ1v) is 9.61. The van der Waals surface area contributed by atoms with E-state index in [1.54, 1.807) is 6.92 Å². The van der Waals surface area contributed by atoms with Gasteiger partial charge in [-0.05, 0) is 13.3 Å². The third-order valence-electron chi connectivity index (χ3n) is 1.85. The molecule has 10 heteroatoms. The molecule has 0 aliphatic carbocycles. The second-order valence-electron chi connectivity index (χ2n) is 3.94. The lowest BCUT2D eigenvalue weighted by Crippen LogP contribution is -2.28. The Morgan fingerprint density at radius 2 is 1.55 bits per heavy atom. The van der Waals surface area contributed by atoms with Crippen LogP contribution in [0.4, 0.5) is 0 Å². The molecule has 0 aliphatic heterocycles. The lowest BCUT2D eigenvalue weighted by molar-refractivity contribution is -0.140. The van der Waals surface area contributed by atoms with Gasteiger partial charge in [0.25, 0.3) is 0 Å². The van der Waals surface area contributed by atoms with Crippen LogP contribution >= 0.6 is 0 Å². The predicted molar refractivity (Wildman–Crippen MR) is 72.9 cm³/mol.